The molecule has 0 aliphatic rings. The number of H-pyrrole nitrogens is 1. The molecule has 2 heterocycles. The Hall–Kier alpha value is -1.98. The number of rotatable bonds is 3. The number of hydrogen-bond acceptors (Lipinski definition) is 4. The summed E-state index contributed by atoms with van der Waals surface area (Å²) < 4.78 is 1.74. The van der Waals surface area contributed by atoms with Gasteiger partial charge in [0.1, 0.15) is 5.78 Å². The average molecular weight is 220 g/mol. The van der Waals surface area contributed by atoms with E-state index in [1.165, 1.54) is 13.3 Å². The van der Waals surface area contributed by atoms with E-state index in [4.69, 9.17) is 0 Å². The smallest absolute Gasteiger partial charge is 0.278 e. The van der Waals surface area contributed by atoms with Gasteiger partial charge in [0, 0.05) is 12.5 Å². The van der Waals surface area contributed by atoms with E-state index in [0.29, 0.717) is 17.6 Å². The van der Waals surface area contributed by atoms with Crippen LogP contribution < -0.4 is 5.56 Å². The zero-order chi connectivity index (χ0) is 11.7. The van der Waals surface area contributed by atoms with Crippen LogP contribution in [0.4, 0.5) is 0 Å². The number of aromatic amines is 1. The van der Waals surface area contributed by atoms with Gasteiger partial charge in [-0.2, -0.15) is 0 Å². The number of ketones is 1. The number of fused-ring (bicyclic) bond motifs is 1. The quantitative estimate of drug-likeness (QED) is 0.823. The Morgan fingerprint density at radius 2 is 2.31 bits per heavy atom. The van der Waals surface area contributed by atoms with Gasteiger partial charge in [-0.3, -0.25) is 9.59 Å². The molecule has 0 aromatic carbocycles. The lowest BCUT2D eigenvalue weighted by Gasteiger charge is -2.11. The van der Waals surface area contributed by atoms with Gasteiger partial charge in [-0.05, 0) is 13.8 Å². The third-order valence-corrected chi connectivity index (χ3v) is 2.42. The number of nitrogens with one attached hydrogen (secondary N) is 1. The molecule has 0 spiro atoms. The molecule has 1 unspecified atom stereocenters. The monoisotopic (exact) mass is 220 g/mol. The van der Waals surface area contributed by atoms with Gasteiger partial charge in [-0.25, -0.2) is 9.97 Å². The van der Waals surface area contributed by atoms with Crippen LogP contribution in [0.2, 0.25) is 0 Å². The standard InChI is InChI=1S/C10H12N4O2/c1-6(3-7(2)15)14-5-13-8-9(14)11-4-12-10(8)16/h4-6H,3H2,1-2H3,(H,11,12,16). The first-order valence-electron chi connectivity index (χ1n) is 4.99. The van der Waals surface area contributed by atoms with Crippen molar-refractivity contribution < 1.29 is 4.79 Å². The molecule has 0 fully saturated rings. The minimum atomic E-state index is -0.265. The highest BCUT2D eigenvalue weighted by atomic mass is 16.1. The number of aromatic nitrogens is 4. The molecule has 0 aliphatic heterocycles. The maximum absolute atomic E-state index is 11.4. The number of carbonyl (C=O) groups is 1. The van der Waals surface area contributed by atoms with Crippen LogP contribution in [0.5, 0.6) is 0 Å². The van der Waals surface area contributed by atoms with Gasteiger partial charge in [0.25, 0.3) is 5.56 Å². The lowest BCUT2D eigenvalue weighted by molar-refractivity contribution is -0.117. The van der Waals surface area contributed by atoms with Crippen molar-refractivity contribution in [2.24, 2.45) is 0 Å². The van der Waals surface area contributed by atoms with Crippen molar-refractivity contribution in [3.63, 3.8) is 0 Å². The molecule has 0 radical (unpaired) electrons. The zero-order valence-electron chi connectivity index (χ0n) is 9.10. The number of nitrogens with zero attached hydrogens (tertiary/aromatic N) is 3. The minimum absolute atomic E-state index is 0.0446. The Balaban J connectivity index is 2.50. The van der Waals surface area contributed by atoms with Crippen LogP contribution in [-0.4, -0.2) is 25.3 Å². The average Bonchev–Trinajstić information content (AvgIpc) is 2.61. The summed E-state index contributed by atoms with van der Waals surface area (Å²) in [5, 5.41) is 0. The van der Waals surface area contributed by atoms with Crippen molar-refractivity contribution in [1.82, 2.24) is 19.5 Å². The number of Topliss-reactive ketones (excluding diaryl/α,β-unsaturated/α-hetero) is 1. The van der Waals surface area contributed by atoms with E-state index in [9.17, 15) is 9.59 Å². The second-order valence-electron chi connectivity index (χ2n) is 3.81. The highest BCUT2D eigenvalue weighted by Crippen LogP contribution is 2.15. The maximum atomic E-state index is 11.4. The van der Waals surface area contributed by atoms with Crippen LogP contribution in [-0.2, 0) is 4.79 Å². The summed E-state index contributed by atoms with van der Waals surface area (Å²) >= 11 is 0. The molecule has 0 saturated carbocycles. The van der Waals surface area contributed by atoms with Crippen LogP contribution in [0.25, 0.3) is 11.2 Å². The van der Waals surface area contributed by atoms with Crippen LogP contribution in [0.3, 0.4) is 0 Å². The van der Waals surface area contributed by atoms with Crippen LogP contribution in [0.15, 0.2) is 17.4 Å². The van der Waals surface area contributed by atoms with Gasteiger partial charge in [-0.1, -0.05) is 0 Å². The first-order valence-corrected chi connectivity index (χ1v) is 4.99. The van der Waals surface area contributed by atoms with Crippen LogP contribution >= 0.6 is 0 Å². The van der Waals surface area contributed by atoms with E-state index in [0.717, 1.165) is 0 Å². The van der Waals surface area contributed by atoms with E-state index in [1.807, 2.05) is 6.92 Å². The Kier molecular flexibility index (Phi) is 2.55. The van der Waals surface area contributed by atoms with Gasteiger partial charge < -0.3 is 9.55 Å². The predicted molar refractivity (Wildman–Crippen MR) is 58.2 cm³/mol. The van der Waals surface area contributed by atoms with Gasteiger partial charge in [-0.15, -0.1) is 0 Å². The van der Waals surface area contributed by atoms with Crippen molar-refractivity contribution >= 4 is 16.9 Å². The molecule has 16 heavy (non-hydrogen) atoms. The summed E-state index contributed by atoms with van der Waals surface area (Å²) in [5.41, 5.74) is 0.550. The summed E-state index contributed by atoms with van der Waals surface area (Å²) in [5.74, 6) is 0.0965. The molecule has 2 aromatic rings. The van der Waals surface area contributed by atoms with Crippen molar-refractivity contribution in [1.29, 1.82) is 0 Å². The summed E-state index contributed by atoms with van der Waals surface area (Å²) in [6.07, 6.45) is 3.28. The summed E-state index contributed by atoms with van der Waals surface area (Å²) in [7, 11) is 0. The van der Waals surface area contributed by atoms with Crippen molar-refractivity contribution in [3.8, 4) is 0 Å². The fraction of sp³-hybridized carbons (Fsp3) is 0.400. The van der Waals surface area contributed by atoms with E-state index in [-0.39, 0.29) is 17.4 Å². The third-order valence-electron chi connectivity index (χ3n) is 2.42. The molecule has 84 valence electrons. The Labute approximate surface area is 91.3 Å². The van der Waals surface area contributed by atoms with Gasteiger partial charge in [0.05, 0.1) is 12.7 Å². The fourth-order valence-electron chi connectivity index (χ4n) is 1.70. The van der Waals surface area contributed by atoms with E-state index in [1.54, 1.807) is 10.9 Å². The van der Waals surface area contributed by atoms with Crippen molar-refractivity contribution in [2.45, 2.75) is 26.3 Å². The molecule has 2 rings (SSSR count). The Morgan fingerprint density at radius 3 is 3.00 bits per heavy atom. The van der Waals surface area contributed by atoms with E-state index in [2.05, 4.69) is 15.0 Å². The molecule has 6 nitrogen and oxygen atoms in total. The van der Waals surface area contributed by atoms with E-state index < -0.39 is 0 Å². The zero-order valence-corrected chi connectivity index (χ0v) is 9.10. The molecular weight excluding hydrogens is 208 g/mol. The lowest BCUT2D eigenvalue weighted by Crippen LogP contribution is -2.11. The highest BCUT2D eigenvalue weighted by Gasteiger charge is 2.13. The summed E-state index contributed by atoms with van der Waals surface area (Å²) in [4.78, 5) is 32.9. The second-order valence-corrected chi connectivity index (χ2v) is 3.81. The summed E-state index contributed by atoms with van der Waals surface area (Å²) in [6.45, 7) is 3.43. The largest absolute Gasteiger partial charge is 0.312 e. The van der Waals surface area contributed by atoms with E-state index >= 15 is 0 Å². The Bertz CT molecular complexity index is 584. The summed E-state index contributed by atoms with van der Waals surface area (Å²) in [6, 6.07) is -0.0446. The van der Waals surface area contributed by atoms with Crippen LogP contribution in [0.1, 0.15) is 26.3 Å². The SMILES string of the molecule is CC(=O)CC(C)n1cnc2c(=O)[nH]cnc21. The number of imidazole rings is 1. The maximum Gasteiger partial charge on any atom is 0.278 e. The number of carbonyl (C=O) groups excluding carboxylic acids is 1. The molecule has 1 atom stereocenters. The normalized spacial score (nSPS) is 12.9. The molecule has 6 heteroatoms. The molecular formula is C10H12N4O2. The fourth-order valence-corrected chi connectivity index (χ4v) is 1.70. The highest BCUT2D eigenvalue weighted by molar-refractivity contribution is 5.76. The molecule has 1 N–H and O–H groups in total. The predicted octanol–water partition coefficient (Wildman–Crippen LogP) is 0.660. The van der Waals surface area contributed by atoms with Gasteiger partial charge >= 0.3 is 0 Å². The molecule has 0 aliphatic carbocycles. The lowest BCUT2D eigenvalue weighted by atomic mass is 10.2. The van der Waals surface area contributed by atoms with Crippen LogP contribution in [0, 0.1) is 0 Å². The molecule has 0 bridgehead atoms. The minimum Gasteiger partial charge on any atom is -0.312 e. The van der Waals surface area contributed by atoms with Crippen molar-refractivity contribution in [2.75, 3.05) is 0 Å². The second kappa shape index (κ2) is 3.88. The number of hydrogen-bond donors (Lipinski definition) is 1. The Morgan fingerprint density at radius 1 is 1.56 bits per heavy atom. The molecule has 2 aromatic heterocycles. The first-order chi connectivity index (χ1) is 7.59. The molecule has 0 saturated heterocycles. The van der Waals surface area contributed by atoms with Gasteiger partial charge in [0.2, 0.25) is 0 Å². The van der Waals surface area contributed by atoms with Gasteiger partial charge in [0.15, 0.2) is 11.2 Å². The molecule has 0 amide bonds. The van der Waals surface area contributed by atoms with Crippen molar-refractivity contribution in [3.05, 3.63) is 23.0 Å². The topological polar surface area (TPSA) is 80.6 Å². The first kappa shape index (κ1) is 10.5. The third kappa shape index (κ3) is 1.73.